The Morgan fingerprint density at radius 2 is 1.95 bits per heavy atom. The molecule has 0 rings (SSSR count). The standard InChI is InChI=1S/C10H19O6PS2/c1-2-3-6-18-17(15,19-16)7-8(10(13)14)4-5-9(11)12/h8,16H,2-7H2,1H3,(H,11,12)(H,13,14). The fourth-order valence-electron chi connectivity index (χ4n) is 1.32. The summed E-state index contributed by atoms with van der Waals surface area (Å²) in [6, 6.07) is 0. The van der Waals surface area contributed by atoms with Crippen LogP contribution in [0.5, 0.6) is 0 Å². The molecule has 0 aliphatic carbocycles. The molecule has 0 aromatic rings. The molecule has 0 aliphatic heterocycles. The van der Waals surface area contributed by atoms with E-state index in [1.807, 2.05) is 6.92 Å². The van der Waals surface area contributed by atoms with Gasteiger partial charge in [0.1, 0.15) is 0 Å². The largest absolute Gasteiger partial charge is 0.481 e. The van der Waals surface area contributed by atoms with Crippen LogP contribution >= 0.6 is 28.6 Å². The zero-order valence-electron chi connectivity index (χ0n) is 10.7. The Morgan fingerprint density at radius 3 is 2.37 bits per heavy atom. The van der Waals surface area contributed by atoms with Gasteiger partial charge in [-0.2, -0.15) is 0 Å². The third-order valence-corrected chi connectivity index (χ3v) is 9.33. The van der Waals surface area contributed by atoms with Crippen molar-refractivity contribution >= 4 is 40.5 Å². The number of aliphatic carboxylic acids is 2. The Morgan fingerprint density at radius 1 is 1.32 bits per heavy atom. The number of carboxylic acid groups (broad SMARTS) is 2. The molecule has 9 heteroatoms. The molecule has 0 amide bonds. The first-order valence-electron chi connectivity index (χ1n) is 5.86. The van der Waals surface area contributed by atoms with Gasteiger partial charge in [-0.3, -0.25) is 14.2 Å². The smallest absolute Gasteiger partial charge is 0.307 e. The van der Waals surface area contributed by atoms with Crippen LogP contribution in [0.3, 0.4) is 0 Å². The maximum Gasteiger partial charge on any atom is 0.307 e. The molecule has 0 spiro atoms. The molecular formula is C10H19O6PS2. The van der Waals surface area contributed by atoms with Gasteiger partial charge in [-0.25, -0.2) is 0 Å². The minimum Gasteiger partial charge on any atom is -0.481 e. The van der Waals surface area contributed by atoms with Crippen molar-refractivity contribution in [2.24, 2.45) is 5.92 Å². The quantitative estimate of drug-likeness (QED) is 0.300. The predicted octanol–water partition coefficient (Wildman–Crippen LogP) is 3.48. The lowest BCUT2D eigenvalue weighted by molar-refractivity contribution is -0.142. The average molecular weight is 330 g/mol. The molecular weight excluding hydrogens is 311 g/mol. The topological polar surface area (TPSA) is 112 Å². The Bertz CT molecular complexity index is 349. The van der Waals surface area contributed by atoms with E-state index >= 15 is 0 Å². The number of carboxylic acids is 2. The van der Waals surface area contributed by atoms with Gasteiger partial charge in [0.15, 0.2) is 0 Å². The molecule has 6 nitrogen and oxygen atoms in total. The summed E-state index contributed by atoms with van der Waals surface area (Å²) in [5, 5.41) is 17.6. The van der Waals surface area contributed by atoms with Crippen LogP contribution < -0.4 is 0 Å². The van der Waals surface area contributed by atoms with Crippen LogP contribution in [0.4, 0.5) is 0 Å². The summed E-state index contributed by atoms with van der Waals surface area (Å²) in [5.41, 5.74) is -3.08. The van der Waals surface area contributed by atoms with E-state index in [4.69, 9.17) is 14.8 Å². The molecule has 19 heavy (non-hydrogen) atoms. The molecule has 0 aromatic carbocycles. The van der Waals surface area contributed by atoms with Gasteiger partial charge in [0, 0.05) is 18.3 Å². The number of rotatable bonds is 11. The molecule has 2 atom stereocenters. The lowest BCUT2D eigenvalue weighted by Gasteiger charge is -2.18. The number of hydrogen-bond donors (Lipinski definition) is 3. The van der Waals surface area contributed by atoms with Gasteiger partial charge in [0.2, 0.25) is 5.55 Å². The predicted molar refractivity (Wildman–Crippen MR) is 78.1 cm³/mol. The van der Waals surface area contributed by atoms with E-state index in [1.54, 1.807) is 0 Å². The molecule has 3 N–H and O–H groups in total. The summed E-state index contributed by atoms with van der Waals surface area (Å²) in [4.78, 5) is 21.5. The zero-order valence-corrected chi connectivity index (χ0v) is 13.2. The number of carbonyl (C=O) groups is 2. The van der Waals surface area contributed by atoms with E-state index < -0.39 is 23.4 Å². The minimum absolute atomic E-state index is 0.0798. The Kier molecular flexibility index (Phi) is 9.60. The van der Waals surface area contributed by atoms with Crippen molar-refractivity contribution in [2.45, 2.75) is 32.6 Å². The highest BCUT2D eigenvalue weighted by Gasteiger charge is 2.32. The van der Waals surface area contributed by atoms with Gasteiger partial charge in [-0.05, 0) is 12.8 Å². The Balaban J connectivity index is 4.54. The third kappa shape index (κ3) is 8.57. The maximum absolute atomic E-state index is 12.3. The Labute approximate surface area is 120 Å². The molecule has 2 unspecified atom stereocenters. The lowest BCUT2D eigenvalue weighted by Crippen LogP contribution is -2.18. The van der Waals surface area contributed by atoms with Crippen LogP contribution in [0.25, 0.3) is 0 Å². The van der Waals surface area contributed by atoms with E-state index in [2.05, 4.69) is 0 Å². The monoisotopic (exact) mass is 330 g/mol. The van der Waals surface area contributed by atoms with Crippen molar-refractivity contribution in [1.29, 1.82) is 0 Å². The van der Waals surface area contributed by atoms with Gasteiger partial charge in [-0.15, -0.1) is 0 Å². The molecule has 0 radical (unpaired) electrons. The van der Waals surface area contributed by atoms with Gasteiger partial charge in [-0.1, -0.05) is 24.7 Å². The van der Waals surface area contributed by atoms with Crippen LogP contribution in [-0.4, -0.2) is 38.6 Å². The molecule has 0 bridgehead atoms. The zero-order chi connectivity index (χ0) is 14.9. The average Bonchev–Trinajstić information content (AvgIpc) is 2.34. The van der Waals surface area contributed by atoms with Crippen molar-refractivity contribution in [3.8, 4) is 0 Å². The highest BCUT2D eigenvalue weighted by atomic mass is 33.1. The van der Waals surface area contributed by atoms with Gasteiger partial charge in [0.25, 0.3) is 0 Å². The molecule has 0 saturated carbocycles. The van der Waals surface area contributed by atoms with Gasteiger partial charge >= 0.3 is 11.9 Å². The Hall–Kier alpha value is -0.170. The summed E-state index contributed by atoms with van der Waals surface area (Å²) < 4.78 is 21.4. The highest BCUT2D eigenvalue weighted by molar-refractivity contribution is 8.89. The second-order valence-corrected chi connectivity index (χ2v) is 11.9. The molecule has 0 aliphatic rings. The molecule has 0 heterocycles. The second kappa shape index (κ2) is 9.69. The first kappa shape index (κ1) is 18.8. The van der Waals surface area contributed by atoms with E-state index in [1.165, 1.54) is 0 Å². The van der Waals surface area contributed by atoms with Crippen molar-refractivity contribution < 1.29 is 28.9 Å². The number of hydrogen-bond acceptors (Lipinski definition) is 6. The van der Waals surface area contributed by atoms with E-state index in [-0.39, 0.29) is 30.7 Å². The van der Waals surface area contributed by atoms with Crippen molar-refractivity contribution in [3.63, 3.8) is 0 Å². The normalized spacial score (nSPS) is 15.7. The molecule has 0 fully saturated rings. The van der Waals surface area contributed by atoms with Gasteiger partial charge < -0.3 is 14.8 Å². The fourth-order valence-corrected chi connectivity index (χ4v) is 7.17. The lowest BCUT2D eigenvalue weighted by atomic mass is 10.1. The first-order chi connectivity index (χ1) is 8.84. The molecule has 0 aromatic heterocycles. The van der Waals surface area contributed by atoms with Crippen LogP contribution in [0.1, 0.15) is 32.6 Å². The second-order valence-electron chi connectivity index (χ2n) is 4.03. The summed E-state index contributed by atoms with van der Waals surface area (Å²) in [5.74, 6) is -2.68. The SMILES string of the molecule is CCCCSP(=O)(CC(CCC(=O)O)C(=O)O)SO. The molecule has 112 valence electrons. The van der Waals surface area contributed by atoms with E-state index in [0.717, 1.165) is 24.2 Å². The van der Waals surface area contributed by atoms with Gasteiger partial charge in [0.05, 0.1) is 17.6 Å². The summed E-state index contributed by atoms with van der Waals surface area (Å²) >= 11 is 1.30. The minimum atomic E-state index is -3.08. The fraction of sp³-hybridized carbons (Fsp3) is 0.800. The highest BCUT2D eigenvalue weighted by Crippen LogP contribution is 2.68. The summed E-state index contributed by atoms with van der Waals surface area (Å²) in [6.07, 6.45) is 1.20. The van der Waals surface area contributed by atoms with Crippen molar-refractivity contribution in [3.05, 3.63) is 0 Å². The van der Waals surface area contributed by atoms with Crippen LogP contribution in [0.2, 0.25) is 0 Å². The van der Waals surface area contributed by atoms with Crippen LogP contribution in [0.15, 0.2) is 0 Å². The third-order valence-electron chi connectivity index (χ3n) is 2.41. The van der Waals surface area contributed by atoms with E-state index in [9.17, 15) is 14.2 Å². The van der Waals surface area contributed by atoms with Crippen LogP contribution in [0, 0.1) is 5.92 Å². The molecule has 0 saturated heterocycles. The van der Waals surface area contributed by atoms with Crippen molar-refractivity contribution in [2.75, 3.05) is 11.9 Å². The summed E-state index contributed by atoms with van der Waals surface area (Å²) in [6.45, 7) is 1.98. The van der Waals surface area contributed by atoms with Crippen LogP contribution in [-0.2, 0) is 14.2 Å². The first-order valence-corrected chi connectivity index (χ1v) is 10.7. The maximum atomic E-state index is 12.3. The summed E-state index contributed by atoms with van der Waals surface area (Å²) in [7, 11) is 0. The number of unbranched alkanes of at least 4 members (excludes halogenated alkanes) is 1. The van der Waals surface area contributed by atoms with Crippen molar-refractivity contribution in [1.82, 2.24) is 0 Å². The van der Waals surface area contributed by atoms with E-state index in [0.29, 0.717) is 5.75 Å².